The second-order valence-corrected chi connectivity index (χ2v) is 11.0. The molecule has 1 aliphatic rings. The van der Waals surface area contributed by atoms with Crippen LogP contribution in [-0.4, -0.2) is 27.0 Å². The summed E-state index contributed by atoms with van der Waals surface area (Å²) in [5, 5.41) is 3.86. The zero-order valence-electron chi connectivity index (χ0n) is 11.2. The molecule has 0 amide bonds. The summed E-state index contributed by atoms with van der Waals surface area (Å²) in [5.41, 5.74) is 0. The Labute approximate surface area is 95.9 Å². The van der Waals surface area contributed by atoms with Crippen LogP contribution in [-0.2, 0) is 4.43 Å². The molecule has 0 saturated carbocycles. The van der Waals surface area contributed by atoms with E-state index in [2.05, 4.69) is 46.1 Å². The van der Waals surface area contributed by atoms with Gasteiger partial charge in [-0.3, -0.25) is 0 Å². The zero-order chi connectivity index (χ0) is 11.7. The van der Waals surface area contributed by atoms with Gasteiger partial charge in [0.2, 0.25) is 0 Å². The Kier molecular flexibility index (Phi) is 4.01. The van der Waals surface area contributed by atoms with Crippen molar-refractivity contribution in [2.24, 2.45) is 0 Å². The van der Waals surface area contributed by atoms with Crippen LogP contribution in [0.15, 0.2) is 0 Å². The van der Waals surface area contributed by atoms with Gasteiger partial charge in [-0.2, -0.15) is 0 Å². The molecule has 2 atom stereocenters. The summed E-state index contributed by atoms with van der Waals surface area (Å²) in [4.78, 5) is 0. The summed E-state index contributed by atoms with van der Waals surface area (Å²) < 4.78 is 6.37. The SMILES string of the molecule is CC[C@@H]1C[C@@H](O[Si](C)(C)C(C)(C)C)CN1. The Morgan fingerprint density at radius 1 is 1.33 bits per heavy atom. The second-order valence-electron chi connectivity index (χ2n) is 6.25. The molecule has 1 rings (SSSR count). The first-order valence-corrected chi connectivity index (χ1v) is 9.08. The third kappa shape index (κ3) is 3.30. The van der Waals surface area contributed by atoms with Gasteiger partial charge in [0.15, 0.2) is 8.32 Å². The van der Waals surface area contributed by atoms with Crippen molar-refractivity contribution in [1.82, 2.24) is 5.32 Å². The lowest BCUT2D eigenvalue weighted by Gasteiger charge is -2.38. The minimum absolute atomic E-state index is 0.331. The molecule has 1 N–H and O–H groups in total. The van der Waals surface area contributed by atoms with Crippen LogP contribution in [0.2, 0.25) is 18.1 Å². The van der Waals surface area contributed by atoms with Crippen LogP contribution in [0.25, 0.3) is 0 Å². The molecule has 1 fully saturated rings. The summed E-state index contributed by atoms with van der Waals surface area (Å²) in [6.45, 7) is 14.9. The summed E-state index contributed by atoms with van der Waals surface area (Å²) in [7, 11) is -1.55. The molecule has 0 unspecified atom stereocenters. The molecular weight excluding hydrogens is 202 g/mol. The lowest BCUT2D eigenvalue weighted by Crippen LogP contribution is -2.44. The van der Waals surface area contributed by atoms with Crippen LogP contribution in [0.5, 0.6) is 0 Å². The topological polar surface area (TPSA) is 21.3 Å². The molecule has 0 aromatic heterocycles. The molecule has 0 aromatic carbocycles. The van der Waals surface area contributed by atoms with Crippen molar-refractivity contribution in [2.45, 2.75) is 70.8 Å². The third-order valence-corrected chi connectivity index (χ3v) is 8.48. The summed E-state index contributed by atoms with van der Waals surface area (Å²) in [6.07, 6.45) is 2.87. The molecule has 2 nitrogen and oxygen atoms in total. The highest BCUT2D eigenvalue weighted by atomic mass is 28.4. The average molecular weight is 229 g/mol. The van der Waals surface area contributed by atoms with Crippen LogP contribution in [0.4, 0.5) is 0 Å². The van der Waals surface area contributed by atoms with Crippen molar-refractivity contribution < 1.29 is 4.43 Å². The first-order valence-electron chi connectivity index (χ1n) is 6.17. The first-order chi connectivity index (χ1) is 6.76. The van der Waals surface area contributed by atoms with Gasteiger partial charge in [0, 0.05) is 12.6 Å². The Morgan fingerprint density at radius 2 is 1.93 bits per heavy atom. The van der Waals surface area contributed by atoms with E-state index in [0.717, 1.165) is 6.54 Å². The van der Waals surface area contributed by atoms with E-state index in [1.165, 1.54) is 12.8 Å². The quantitative estimate of drug-likeness (QED) is 0.751. The minimum Gasteiger partial charge on any atom is -0.413 e. The zero-order valence-corrected chi connectivity index (χ0v) is 12.2. The summed E-state index contributed by atoms with van der Waals surface area (Å²) in [6, 6.07) is 0.680. The predicted octanol–water partition coefficient (Wildman–Crippen LogP) is 3.15. The van der Waals surface area contributed by atoms with Crippen LogP contribution >= 0.6 is 0 Å². The largest absolute Gasteiger partial charge is 0.413 e. The highest BCUT2D eigenvalue weighted by Crippen LogP contribution is 2.38. The number of hydrogen-bond acceptors (Lipinski definition) is 2. The Morgan fingerprint density at radius 3 is 2.33 bits per heavy atom. The maximum Gasteiger partial charge on any atom is 0.192 e. The average Bonchev–Trinajstić information content (AvgIpc) is 2.49. The lowest BCUT2D eigenvalue weighted by molar-refractivity contribution is 0.197. The number of hydrogen-bond donors (Lipinski definition) is 1. The van der Waals surface area contributed by atoms with Gasteiger partial charge in [-0.1, -0.05) is 27.7 Å². The summed E-state index contributed by atoms with van der Waals surface area (Å²) >= 11 is 0. The number of nitrogens with one attached hydrogen (secondary N) is 1. The van der Waals surface area contributed by atoms with E-state index in [0.29, 0.717) is 17.2 Å². The Balaban J connectivity index is 2.49. The van der Waals surface area contributed by atoms with Crippen molar-refractivity contribution in [3.63, 3.8) is 0 Å². The van der Waals surface area contributed by atoms with Crippen molar-refractivity contribution in [3.05, 3.63) is 0 Å². The maximum absolute atomic E-state index is 6.37. The van der Waals surface area contributed by atoms with E-state index in [-0.39, 0.29) is 0 Å². The number of rotatable bonds is 3. The Hall–Kier alpha value is 0.137. The van der Waals surface area contributed by atoms with E-state index in [1.807, 2.05) is 0 Å². The fourth-order valence-electron chi connectivity index (χ4n) is 1.78. The van der Waals surface area contributed by atoms with Gasteiger partial charge in [-0.15, -0.1) is 0 Å². The van der Waals surface area contributed by atoms with Gasteiger partial charge in [0.25, 0.3) is 0 Å². The van der Waals surface area contributed by atoms with Crippen molar-refractivity contribution >= 4 is 8.32 Å². The monoisotopic (exact) mass is 229 g/mol. The highest BCUT2D eigenvalue weighted by molar-refractivity contribution is 6.74. The minimum atomic E-state index is -1.55. The van der Waals surface area contributed by atoms with Crippen molar-refractivity contribution in [1.29, 1.82) is 0 Å². The molecule has 0 aliphatic carbocycles. The van der Waals surface area contributed by atoms with E-state index in [4.69, 9.17) is 4.43 Å². The maximum atomic E-state index is 6.37. The third-order valence-electron chi connectivity index (χ3n) is 3.94. The first kappa shape index (κ1) is 13.2. The molecule has 0 aromatic rings. The van der Waals surface area contributed by atoms with Gasteiger partial charge in [0.1, 0.15) is 0 Å². The molecule has 1 aliphatic heterocycles. The van der Waals surface area contributed by atoms with Crippen LogP contribution in [0.1, 0.15) is 40.5 Å². The predicted molar refractivity (Wildman–Crippen MR) is 68.8 cm³/mol. The van der Waals surface area contributed by atoms with E-state index in [9.17, 15) is 0 Å². The smallest absolute Gasteiger partial charge is 0.192 e. The van der Waals surface area contributed by atoms with Gasteiger partial charge < -0.3 is 9.74 Å². The van der Waals surface area contributed by atoms with E-state index in [1.54, 1.807) is 0 Å². The molecule has 0 bridgehead atoms. The molecule has 1 saturated heterocycles. The van der Waals surface area contributed by atoms with Crippen LogP contribution in [0.3, 0.4) is 0 Å². The molecule has 15 heavy (non-hydrogen) atoms. The van der Waals surface area contributed by atoms with Gasteiger partial charge >= 0.3 is 0 Å². The normalized spacial score (nSPS) is 28.4. The van der Waals surface area contributed by atoms with Gasteiger partial charge in [-0.05, 0) is 31.0 Å². The standard InChI is InChI=1S/C12H27NOSi/c1-7-10-8-11(9-13-10)14-15(5,6)12(2,3)4/h10-11,13H,7-9H2,1-6H3/t10-,11-/m1/s1. The van der Waals surface area contributed by atoms with Crippen LogP contribution < -0.4 is 5.32 Å². The van der Waals surface area contributed by atoms with Crippen molar-refractivity contribution in [2.75, 3.05) is 6.54 Å². The second kappa shape index (κ2) is 4.56. The van der Waals surface area contributed by atoms with E-state index < -0.39 is 8.32 Å². The van der Waals surface area contributed by atoms with Gasteiger partial charge in [0.05, 0.1) is 6.10 Å². The van der Waals surface area contributed by atoms with Crippen molar-refractivity contribution in [3.8, 4) is 0 Å². The lowest BCUT2D eigenvalue weighted by atomic mass is 10.2. The molecular formula is C12H27NOSi. The Bertz CT molecular complexity index is 210. The van der Waals surface area contributed by atoms with Gasteiger partial charge in [-0.25, -0.2) is 0 Å². The molecule has 0 spiro atoms. The molecule has 1 heterocycles. The molecule has 0 radical (unpaired) electrons. The molecule has 3 heteroatoms. The fraction of sp³-hybridized carbons (Fsp3) is 1.00. The van der Waals surface area contributed by atoms with Crippen LogP contribution in [0, 0.1) is 0 Å². The molecule has 90 valence electrons. The summed E-state index contributed by atoms with van der Waals surface area (Å²) in [5.74, 6) is 0. The highest BCUT2D eigenvalue weighted by Gasteiger charge is 2.40. The fourth-order valence-corrected chi connectivity index (χ4v) is 3.14. The van der Waals surface area contributed by atoms with E-state index >= 15 is 0 Å².